The van der Waals surface area contributed by atoms with Crippen LogP contribution in [-0.4, -0.2) is 32.8 Å². The summed E-state index contributed by atoms with van der Waals surface area (Å²) >= 11 is 1.60. The van der Waals surface area contributed by atoms with Crippen molar-refractivity contribution < 1.29 is 4.74 Å². The number of thioether (sulfide) groups is 1. The number of hydrogen-bond acceptors (Lipinski definition) is 6. The number of ether oxygens (including phenoxy) is 1. The Labute approximate surface area is 190 Å². The van der Waals surface area contributed by atoms with E-state index in [0.29, 0.717) is 34.8 Å². The number of hydrogen-bond donors (Lipinski definition) is 1. The van der Waals surface area contributed by atoms with E-state index in [-0.39, 0.29) is 5.56 Å². The van der Waals surface area contributed by atoms with E-state index in [4.69, 9.17) is 4.74 Å². The number of rotatable bonds is 8. The predicted molar refractivity (Wildman–Crippen MR) is 130 cm³/mol. The first kappa shape index (κ1) is 21.8. The lowest BCUT2D eigenvalue weighted by molar-refractivity contribution is 0.311. The lowest BCUT2D eigenvalue weighted by atomic mass is 10.1. The van der Waals surface area contributed by atoms with Gasteiger partial charge in [0.2, 0.25) is 0 Å². The molecule has 0 radical (unpaired) electrons. The van der Waals surface area contributed by atoms with E-state index >= 15 is 0 Å². The van der Waals surface area contributed by atoms with Crippen molar-refractivity contribution in [2.24, 2.45) is 0 Å². The van der Waals surface area contributed by atoms with Crippen molar-refractivity contribution in [2.45, 2.75) is 24.7 Å². The number of fused-ring (bicyclic) bond motifs is 1. The van der Waals surface area contributed by atoms with Gasteiger partial charge in [0.25, 0.3) is 5.56 Å². The fraction of sp³-hybridized carbons (Fsp3) is 0.200. The van der Waals surface area contributed by atoms with Gasteiger partial charge < -0.3 is 9.72 Å². The number of aromatic nitrogens is 4. The Bertz CT molecular complexity index is 1330. The van der Waals surface area contributed by atoms with Crippen molar-refractivity contribution in [1.29, 1.82) is 0 Å². The van der Waals surface area contributed by atoms with Crippen molar-refractivity contribution in [3.05, 3.63) is 82.5 Å². The quantitative estimate of drug-likeness (QED) is 0.302. The zero-order valence-electron chi connectivity index (χ0n) is 18.1. The first-order valence-corrected chi connectivity index (χ1v) is 11.5. The van der Waals surface area contributed by atoms with Gasteiger partial charge in [0.15, 0.2) is 5.82 Å². The number of nitrogens with zero attached hydrogens (tertiary/aromatic N) is 3. The van der Waals surface area contributed by atoms with Crippen molar-refractivity contribution in [3.63, 3.8) is 0 Å². The van der Waals surface area contributed by atoms with Gasteiger partial charge in [-0.2, -0.15) is 0 Å². The molecule has 3 aromatic heterocycles. The zero-order chi connectivity index (χ0) is 22.5. The van der Waals surface area contributed by atoms with E-state index in [1.165, 1.54) is 5.56 Å². The summed E-state index contributed by atoms with van der Waals surface area (Å²) in [5, 5.41) is 0.487. The van der Waals surface area contributed by atoms with Gasteiger partial charge in [-0.25, -0.2) is 4.98 Å². The number of aryl methyl sites for hydroxylation is 2. The van der Waals surface area contributed by atoms with Crippen LogP contribution in [0, 0.1) is 6.92 Å². The Morgan fingerprint density at radius 1 is 1.19 bits per heavy atom. The van der Waals surface area contributed by atoms with Crippen LogP contribution >= 0.6 is 11.8 Å². The molecule has 4 rings (SSSR count). The maximum atomic E-state index is 12.7. The molecular weight excluding hydrogens is 420 g/mol. The Balaban J connectivity index is 1.50. The standard InChI is InChI=1S/C25H24N4O2S/c1-4-18-13-22(27-15-23(18)32-3)24-28-21-8-7-19(14-20(21)25(30)29-24)31-11-5-6-17-9-10-26-16(2)12-17/h4,7-10,12-15H,1,5-6,11H2,2-3H3,(H,28,29,30). The molecule has 4 aromatic rings. The molecule has 0 fully saturated rings. The molecule has 0 bridgehead atoms. The molecule has 0 aliphatic heterocycles. The number of aromatic amines is 1. The summed E-state index contributed by atoms with van der Waals surface area (Å²) in [5.41, 5.74) is 4.18. The highest BCUT2D eigenvalue weighted by Gasteiger charge is 2.10. The van der Waals surface area contributed by atoms with Gasteiger partial charge in [0, 0.05) is 23.0 Å². The molecule has 1 aromatic carbocycles. The normalized spacial score (nSPS) is 10.9. The molecule has 0 spiro atoms. The van der Waals surface area contributed by atoms with E-state index in [1.54, 1.807) is 36.2 Å². The minimum Gasteiger partial charge on any atom is -0.494 e. The first-order valence-electron chi connectivity index (χ1n) is 10.3. The van der Waals surface area contributed by atoms with E-state index in [1.807, 2.05) is 37.6 Å². The average Bonchev–Trinajstić information content (AvgIpc) is 2.81. The van der Waals surface area contributed by atoms with Crippen LogP contribution in [0.25, 0.3) is 28.5 Å². The highest BCUT2D eigenvalue weighted by atomic mass is 32.2. The molecule has 0 atom stereocenters. The number of nitrogens with one attached hydrogen (secondary N) is 1. The van der Waals surface area contributed by atoms with Crippen LogP contribution in [0.1, 0.15) is 23.2 Å². The smallest absolute Gasteiger partial charge is 0.259 e. The van der Waals surface area contributed by atoms with Gasteiger partial charge in [0.1, 0.15) is 11.4 Å². The third-order valence-electron chi connectivity index (χ3n) is 5.10. The third kappa shape index (κ3) is 4.89. The highest BCUT2D eigenvalue weighted by molar-refractivity contribution is 7.98. The summed E-state index contributed by atoms with van der Waals surface area (Å²) in [5.74, 6) is 1.08. The number of benzene rings is 1. The Hall–Kier alpha value is -3.45. The molecule has 162 valence electrons. The molecule has 3 heterocycles. The third-order valence-corrected chi connectivity index (χ3v) is 5.88. The lowest BCUT2D eigenvalue weighted by Crippen LogP contribution is -2.10. The topological polar surface area (TPSA) is 80.8 Å². The largest absolute Gasteiger partial charge is 0.494 e. The molecule has 7 heteroatoms. The number of pyridine rings is 2. The minimum absolute atomic E-state index is 0.224. The molecular formula is C25H24N4O2S. The molecule has 0 amide bonds. The second-order valence-corrected chi connectivity index (χ2v) is 8.21. The monoisotopic (exact) mass is 444 g/mol. The van der Waals surface area contributed by atoms with Crippen molar-refractivity contribution >= 4 is 28.7 Å². The Kier molecular flexibility index (Phi) is 6.66. The van der Waals surface area contributed by atoms with E-state index in [9.17, 15) is 4.79 Å². The fourth-order valence-electron chi connectivity index (χ4n) is 3.47. The van der Waals surface area contributed by atoms with Gasteiger partial charge in [-0.05, 0) is 73.5 Å². The van der Waals surface area contributed by atoms with Gasteiger partial charge in [0.05, 0.1) is 17.5 Å². The molecule has 0 saturated carbocycles. The lowest BCUT2D eigenvalue weighted by Gasteiger charge is -2.09. The second kappa shape index (κ2) is 9.78. The fourth-order valence-corrected chi connectivity index (χ4v) is 4.01. The van der Waals surface area contributed by atoms with Crippen LogP contribution in [0.3, 0.4) is 0 Å². The Morgan fingerprint density at radius 2 is 2.06 bits per heavy atom. The van der Waals surface area contributed by atoms with Gasteiger partial charge in [-0.15, -0.1) is 11.8 Å². The molecule has 0 unspecified atom stereocenters. The molecule has 0 saturated heterocycles. The summed E-state index contributed by atoms with van der Waals surface area (Å²) < 4.78 is 5.87. The molecule has 6 nitrogen and oxygen atoms in total. The van der Waals surface area contributed by atoms with Crippen molar-refractivity contribution in [2.75, 3.05) is 12.9 Å². The van der Waals surface area contributed by atoms with Crippen molar-refractivity contribution in [3.8, 4) is 17.3 Å². The summed E-state index contributed by atoms with van der Waals surface area (Å²) in [6, 6.07) is 11.4. The van der Waals surface area contributed by atoms with Crippen molar-refractivity contribution in [1.82, 2.24) is 19.9 Å². The van der Waals surface area contributed by atoms with Crippen LogP contribution in [0.5, 0.6) is 5.75 Å². The van der Waals surface area contributed by atoms with Crippen LogP contribution in [-0.2, 0) is 6.42 Å². The minimum atomic E-state index is -0.224. The molecule has 0 aliphatic rings. The van der Waals surface area contributed by atoms with Crippen LogP contribution in [0.4, 0.5) is 0 Å². The maximum Gasteiger partial charge on any atom is 0.259 e. The molecule has 1 N–H and O–H groups in total. The predicted octanol–water partition coefficient (Wildman–Crippen LogP) is 5.07. The first-order chi connectivity index (χ1) is 15.6. The average molecular weight is 445 g/mol. The summed E-state index contributed by atoms with van der Waals surface area (Å²) in [6.07, 6.45) is 9.14. The van der Waals surface area contributed by atoms with Crippen LogP contribution in [0.15, 0.2) is 65.1 Å². The van der Waals surface area contributed by atoms with Crippen LogP contribution in [0.2, 0.25) is 0 Å². The van der Waals surface area contributed by atoms with Gasteiger partial charge in [-0.1, -0.05) is 12.7 Å². The highest BCUT2D eigenvalue weighted by Crippen LogP contribution is 2.25. The molecule has 32 heavy (non-hydrogen) atoms. The van der Waals surface area contributed by atoms with Crippen LogP contribution < -0.4 is 10.3 Å². The van der Waals surface area contributed by atoms with Gasteiger partial charge in [-0.3, -0.25) is 14.8 Å². The summed E-state index contributed by atoms with van der Waals surface area (Å²) in [7, 11) is 0. The SMILES string of the molecule is C=Cc1cc(-c2nc3ccc(OCCCc4ccnc(C)c4)cc3c(=O)[nH]2)ncc1SC. The second-order valence-electron chi connectivity index (χ2n) is 7.37. The number of H-pyrrole nitrogens is 1. The Morgan fingerprint density at radius 3 is 2.84 bits per heavy atom. The summed E-state index contributed by atoms with van der Waals surface area (Å²) in [4.78, 5) is 29.9. The van der Waals surface area contributed by atoms with E-state index in [0.717, 1.165) is 29.0 Å². The van der Waals surface area contributed by atoms with E-state index in [2.05, 4.69) is 32.6 Å². The van der Waals surface area contributed by atoms with Gasteiger partial charge >= 0.3 is 0 Å². The molecule has 0 aliphatic carbocycles. The zero-order valence-corrected chi connectivity index (χ0v) is 18.9. The maximum absolute atomic E-state index is 12.7. The van der Waals surface area contributed by atoms with E-state index < -0.39 is 0 Å². The summed E-state index contributed by atoms with van der Waals surface area (Å²) in [6.45, 7) is 6.40.